The molecule has 3 heterocycles. The summed E-state index contributed by atoms with van der Waals surface area (Å²) in [5.74, 6) is 0.256. The molecule has 0 saturated carbocycles. The number of ether oxygens (including phenoxy) is 1. The number of fused-ring (bicyclic) bond motifs is 2. The molecule has 28 heavy (non-hydrogen) atoms. The average Bonchev–Trinajstić information content (AvgIpc) is 3.20. The summed E-state index contributed by atoms with van der Waals surface area (Å²) in [6.07, 6.45) is -2.84. The molecule has 0 aliphatic heterocycles. The fourth-order valence-electron chi connectivity index (χ4n) is 3.07. The number of hydrogen-bond acceptors (Lipinski definition) is 4. The van der Waals surface area contributed by atoms with Gasteiger partial charge in [0.1, 0.15) is 16.2 Å². The van der Waals surface area contributed by atoms with Gasteiger partial charge >= 0.3 is 6.18 Å². The van der Waals surface area contributed by atoms with Crippen LogP contribution < -0.4 is 5.32 Å². The monoisotopic (exact) mass is 409 g/mol. The fourth-order valence-corrected chi connectivity index (χ4v) is 3.22. The SMILES string of the molecule is COCCn1c(Nc2c[nH]c3ccc(Cl)nc23)nc2c(C(F)(F)F)cccc21. The van der Waals surface area contributed by atoms with Crippen LogP contribution in [0.4, 0.5) is 24.8 Å². The number of aromatic nitrogens is 4. The van der Waals surface area contributed by atoms with E-state index in [4.69, 9.17) is 16.3 Å². The molecular weight excluding hydrogens is 395 g/mol. The van der Waals surface area contributed by atoms with Crippen LogP contribution in [-0.2, 0) is 17.5 Å². The lowest BCUT2D eigenvalue weighted by atomic mass is 10.2. The molecule has 0 saturated heterocycles. The molecule has 0 amide bonds. The molecule has 10 heteroatoms. The highest BCUT2D eigenvalue weighted by Gasteiger charge is 2.34. The summed E-state index contributed by atoms with van der Waals surface area (Å²) < 4.78 is 47.0. The zero-order valence-corrected chi connectivity index (χ0v) is 15.4. The van der Waals surface area contributed by atoms with Crippen LogP contribution in [0, 0.1) is 0 Å². The Morgan fingerprint density at radius 2 is 2.00 bits per heavy atom. The summed E-state index contributed by atoms with van der Waals surface area (Å²) in [4.78, 5) is 11.5. The van der Waals surface area contributed by atoms with Crippen LogP contribution in [0.2, 0.25) is 5.15 Å². The summed E-state index contributed by atoms with van der Waals surface area (Å²) >= 11 is 5.97. The number of pyridine rings is 1. The second-order valence-corrected chi connectivity index (χ2v) is 6.50. The number of nitrogens with one attached hydrogen (secondary N) is 2. The number of alkyl halides is 3. The largest absolute Gasteiger partial charge is 0.418 e. The van der Waals surface area contributed by atoms with Gasteiger partial charge in [0.15, 0.2) is 0 Å². The van der Waals surface area contributed by atoms with E-state index < -0.39 is 11.7 Å². The minimum absolute atomic E-state index is 0.126. The highest BCUT2D eigenvalue weighted by atomic mass is 35.5. The third-order valence-electron chi connectivity index (χ3n) is 4.34. The zero-order valence-electron chi connectivity index (χ0n) is 14.6. The summed E-state index contributed by atoms with van der Waals surface area (Å²) in [5.41, 5.74) is 1.31. The summed E-state index contributed by atoms with van der Waals surface area (Å²) in [6, 6.07) is 7.40. The minimum Gasteiger partial charge on any atom is -0.383 e. The third kappa shape index (κ3) is 3.27. The molecule has 4 rings (SSSR count). The Kier molecular flexibility index (Phi) is 4.64. The van der Waals surface area contributed by atoms with E-state index in [1.54, 1.807) is 29.0 Å². The highest BCUT2D eigenvalue weighted by Crippen LogP contribution is 2.36. The summed E-state index contributed by atoms with van der Waals surface area (Å²) in [7, 11) is 1.53. The molecule has 3 aromatic heterocycles. The Hall–Kier alpha value is -2.78. The van der Waals surface area contributed by atoms with Crippen LogP contribution in [0.1, 0.15) is 5.56 Å². The Bertz CT molecular complexity index is 1150. The van der Waals surface area contributed by atoms with E-state index in [-0.39, 0.29) is 11.5 Å². The Morgan fingerprint density at radius 3 is 2.75 bits per heavy atom. The van der Waals surface area contributed by atoms with Gasteiger partial charge in [-0.3, -0.25) is 0 Å². The first kappa shape index (κ1) is 18.6. The molecule has 0 aliphatic rings. The number of imidazole rings is 1. The van der Waals surface area contributed by atoms with Gasteiger partial charge in [0.2, 0.25) is 5.95 Å². The highest BCUT2D eigenvalue weighted by molar-refractivity contribution is 6.29. The van der Waals surface area contributed by atoms with Gasteiger partial charge in [-0.2, -0.15) is 13.2 Å². The number of aromatic amines is 1. The molecule has 0 fully saturated rings. The number of rotatable bonds is 5. The second-order valence-electron chi connectivity index (χ2n) is 6.11. The van der Waals surface area contributed by atoms with Gasteiger partial charge in [0.05, 0.1) is 28.9 Å². The van der Waals surface area contributed by atoms with Crippen LogP contribution in [0.5, 0.6) is 0 Å². The molecule has 1 aromatic carbocycles. The summed E-state index contributed by atoms with van der Waals surface area (Å²) in [5, 5.41) is 3.38. The number of nitrogens with zero attached hydrogens (tertiary/aromatic N) is 3. The number of H-pyrrole nitrogens is 1. The maximum atomic E-state index is 13.4. The molecule has 0 spiro atoms. The second kappa shape index (κ2) is 6.99. The van der Waals surface area contributed by atoms with Crippen molar-refractivity contribution < 1.29 is 17.9 Å². The van der Waals surface area contributed by atoms with E-state index in [2.05, 4.69) is 20.3 Å². The van der Waals surface area contributed by atoms with Crippen molar-refractivity contribution in [2.75, 3.05) is 19.0 Å². The van der Waals surface area contributed by atoms with Crippen LogP contribution in [0.15, 0.2) is 36.5 Å². The van der Waals surface area contributed by atoms with Crippen LogP contribution in [0.3, 0.4) is 0 Å². The molecule has 6 nitrogen and oxygen atoms in total. The van der Waals surface area contributed by atoms with Crippen molar-refractivity contribution in [3.05, 3.63) is 47.2 Å². The molecular formula is C18H15ClF3N5O. The van der Waals surface area contributed by atoms with Gasteiger partial charge in [-0.1, -0.05) is 17.7 Å². The molecule has 0 aliphatic carbocycles. The van der Waals surface area contributed by atoms with Crippen molar-refractivity contribution in [2.45, 2.75) is 12.7 Å². The summed E-state index contributed by atoms with van der Waals surface area (Å²) in [6.45, 7) is 0.640. The van der Waals surface area contributed by atoms with Crippen molar-refractivity contribution in [2.24, 2.45) is 0 Å². The standard InChI is InChI=1S/C18H15ClF3N5O/c1-28-8-7-27-13-4-2-3-10(18(20,21)22)15(13)26-17(27)24-12-9-23-11-5-6-14(19)25-16(11)12/h2-6,9,23H,7-8H2,1H3,(H,24,26). The van der Waals surface area contributed by atoms with E-state index in [9.17, 15) is 13.2 Å². The number of para-hydroxylation sites is 1. The van der Waals surface area contributed by atoms with E-state index in [0.717, 1.165) is 11.6 Å². The molecule has 0 bridgehead atoms. The lowest BCUT2D eigenvalue weighted by molar-refractivity contribution is -0.136. The van der Waals surface area contributed by atoms with E-state index in [0.29, 0.717) is 35.0 Å². The van der Waals surface area contributed by atoms with Gasteiger partial charge in [-0.05, 0) is 24.3 Å². The lowest BCUT2D eigenvalue weighted by Gasteiger charge is -2.10. The predicted octanol–water partition coefficient (Wildman–Crippen LogP) is 4.97. The minimum atomic E-state index is -4.51. The van der Waals surface area contributed by atoms with Gasteiger partial charge in [0.25, 0.3) is 0 Å². The van der Waals surface area contributed by atoms with Crippen molar-refractivity contribution in [1.29, 1.82) is 0 Å². The molecule has 0 radical (unpaired) electrons. The molecule has 0 atom stereocenters. The predicted molar refractivity (Wildman–Crippen MR) is 101 cm³/mol. The molecule has 0 unspecified atom stereocenters. The quantitative estimate of drug-likeness (QED) is 0.456. The normalized spacial score (nSPS) is 12.2. The van der Waals surface area contributed by atoms with Gasteiger partial charge in [0, 0.05) is 19.9 Å². The smallest absolute Gasteiger partial charge is 0.383 e. The third-order valence-corrected chi connectivity index (χ3v) is 4.55. The molecule has 146 valence electrons. The lowest BCUT2D eigenvalue weighted by Crippen LogP contribution is -2.08. The first-order chi connectivity index (χ1) is 13.4. The van der Waals surface area contributed by atoms with Crippen LogP contribution in [0.25, 0.3) is 22.1 Å². The van der Waals surface area contributed by atoms with Gasteiger partial charge in [-0.15, -0.1) is 0 Å². The topological polar surface area (TPSA) is 67.8 Å². The Labute approximate surface area is 162 Å². The molecule has 4 aromatic rings. The molecule has 2 N–H and O–H groups in total. The number of benzene rings is 1. The zero-order chi connectivity index (χ0) is 19.9. The van der Waals surface area contributed by atoms with Gasteiger partial charge in [-0.25, -0.2) is 9.97 Å². The first-order valence-corrected chi connectivity index (χ1v) is 8.72. The Morgan fingerprint density at radius 1 is 1.18 bits per heavy atom. The maximum Gasteiger partial charge on any atom is 0.418 e. The van der Waals surface area contributed by atoms with Crippen molar-refractivity contribution in [3.8, 4) is 0 Å². The fraction of sp³-hybridized carbons (Fsp3) is 0.222. The van der Waals surface area contributed by atoms with E-state index >= 15 is 0 Å². The van der Waals surface area contributed by atoms with Crippen molar-refractivity contribution >= 4 is 45.3 Å². The van der Waals surface area contributed by atoms with E-state index in [1.165, 1.54) is 13.2 Å². The Balaban J connectivity index is 1.86. The van der Waals surface area contributed by atoms with E-state index in [1.807, 2.05) is 0 Å². The average molecular weight is 410 g/mol. The number of hydrogen-bond donors (Lipinski definition) is 2. The van der Waals surface area contributed by atoms with Crippen molar-refractivity contribution in [1.82, 2.24) is 19.5 Å². The number of methoxy groups -OCH3 is 1. The maximum absolute atomic E-state index is 13.4. The van der Waals surface area contributed by atoms with Gasteiger partial charge < -0.3 is 19.6 Å². The first-order valence-electron chi connectivity index (χ1n) is 8.34. The number of anilines is 2. The van der Waals surface area contributed by atoms with Crippen LogP contribution in [-0.4, -0.2) is 33.2 Å². The number of halogens is 4. The van der Waals surface area contributed by atoms with Crippen molar-refractivity contribution in [3.63, 3.8) is 0 Å². The van der Waals surface area contributed by atoms with Crippen LogP contribution >= 0.6 is 11.6 Å².